The number of hydrogen-bond donors (Lipinski definition) is 3. The van der Waals surface area contributed by atoms with Gasteiger partial charge >= 0.3 is 6.03 Å². The molecule has 1 saturated heterocycles. The molecule has 1 fully saturated rings. The van der Waals surface area contributed by atoms with Crippen molar-refractivity contribution in [2.75, 3.05) is 26.2 Å². The highest BCUT2D eigenvalue weighted by atomic mass is 16.3. The van der Waals surface area contributed by atoms with Gasteiger partial charge in [0.05, 0.1) is 6.10 Å². The number of carbonyl (C=O) groups excluding carboxylic acids is 1. The predicted molar refractivity (Wildman–Crippen MR) is 95.5 cm³/mol. The molecule has 0 saturated carbocycles. The summed E-state index contributed by atoms with van der Waals surface area (Å²) in [4.78, 5) is 14.5. The van der Waals surface area contributed by atoms with Crippen LogP contribution in [0.5, 0.6) is 0 Å². The number of rotatable bonds is 7. The van der Waals surface area contributed by atoms with Crippen LogP contribution in [0.25, 0.3) is 0 Å². The van der Waals surface area contributed by atoms with Crippen LogP contribution in [0, 0.1) is 5.41 Å². The fraction of sp³-hybridized carbons (Fsp3) is 0.833. The third kappa shape index (κ3) is 8.96. The number of likely N-dealkylation sites (tertiary alicyclic amines) is 1. The van der Waals surface area contributed by atoms with Crippen LogP contribution in [0.2, 0.25) is 0 Å². The van der Waals surface area contributed by atoms with Crippen molar-refractivity contribution in [3.05, 3.63) is 11.6 Å². The Kier molecular flexibility index (Phi) is 8.06. The second-order valence-corrected chi connectivity index (χ2v) is 7.90. The minimum Gasteiger partial charge on any atom is -0.393 e. The molecular formula is C18H35N3O2. The van der Waals surface area contributed by atoms with Gasteiger partial charge in [0.15, 0.2) is 0 Å². The van der Waals surface area contributed by atoms with Crippen molar-refractivity contribution in [1.82, 2.24) is 15.5 Å². The maximum atomic E-state index is 12.0. The molecule has 0 aliphatic carbocycles. The Hall–Kier alpha value is -1.07. The first-order valence-corrected chi connectivity index (χ1v) is 8.76. The van der Waals surface area contributed by atoms with E-state index in [0.29, 0.717) is 13.0 Å². The van der Waals surface area contributed by atoms with Crippen molar-refractivity contribution < 1.29 is 9.90 Å². The molecule has 5 nitrogen and oxygen atoms in total. The number of aliphatic hydroxyl groups is 1. The average Bonchev–Trinajstić information content (AvgIpc) is 2.43. The SMILES string of the molecule is CC(C)=CCN1CCC(NC(=O)NCC(C)(C)C[C@H](C)O)CC1. The van der Waals surface area contributed by atoms with Crippen LogP contribution in [0.1, 0.15) is 53.9 Å². The molecule has 1 rings (SSSR count). The highest BCUT2D eigenvalue weighted by Crippen LogP contribution is 2.21. The minimum absolute atomic E-state index is 0.0913. The molecule has 0 unspecified atom stereocenters. The summed E-state index contributed by atoms with van der Waals surface area (Å²) in [6.45, 7) is 13.8. The molecule has 0 aromatic rings. The zero-order chi connectivity index (χ0) is 17.5. The van der Waals surface area contributed by atoms with E-state index < -0.39 is 0 Å². The largest absolute Gasteiger partial charge is 0.393 e. The Morgan fingerprint density at radius 1 is 1.35 bits per heavy atom. The molecule has 134 valence electrons. The quantitative estimate of drug-likeness (QED) is 0.630. The molecule has 1 aliphatic heterocycles. The van der Waals surface area contributed by atoms with Crippen molar-refractivity contribution in [3.63, 3.8) is 0 Å². The molecule has 23 heavy (non-hydrogen) atoms. The first-order chi connectivity index (χ1) is 10.7. The highest BCUT2D eigenvalue weighted by molar-refractivity contribution is 5.74. The second-order valence-electron chi connectivity index (χ2n) is 7.90. The van der Waals surface area contributed by atoms with Crippen LogP contribution >= 0.6 is 0 Å². The molecule has 0 bridgehead atoms. The Labute approximate surface area is 141 Å². The van der Waals surface area contributed by atoms with Crippen LogP contribution in [0.15, 0.2) is 11.6 Å². The van der Waals surface area contributed by atoms with Crippen molar-refractivity contribution >= 4 is 6.03 Å². The van der Waals surface area contributed by atoms with Crippen LogP contribution in [0.3, 0.4) is 0 Å². The molecule has 3 N–H and O–H groups in total. The molecule has 0 spiro atoms. The van der Waals surface area contributed by atoms with Gasteiger partial charge in [0.1, 0.15) is 0 Å². The molecule has 0 radical (unpaired) electrons. The van der Waals surface area contributed by atoms with Gasteiger partial charge in [-0.1, -0.05) is 25.5 Å². The van der Waals surface area contributed by atoms with E-state index in [4.69, 9.17) is 0 Å². The molecule has 1 atom stereocenters. The maximum Gasteiger partial charge on any atom is 0.315 e. The van der Waals surface area contributed by atoms with Gasteiger partial charge in [0.25, 0.3) is 0 Å². The number of piperidine rings is 1. The summed E-state index contributed by atoms with van der Waals surface area (Å²) in [5.41, 5.74) is 1.25. The topological polar surface area (TPSA) is 64.6 Å². The smallest absolute Gasteiger partial charge is 0.315 e. The summed E-state index contributed by atoms with van der Waals surface area (Å²) in [6.07, 6.45) is 4.59. The lowest BCUT2D eigenvalue weighted by molar-refractivity contribution is 0.128. The Morgan fingerprint density at radius 2 is 1.96 bits per heavy atom. The summed E-state index contributed by atoms with van der Waals surface area (Å²) in [7, 11) is 0. The van der Waals surface area contributed by atoms with E-state index in [0.717, 1.165) is 32.5 Å². The molecule has 1 aliphatic rings. The van der Waals surface area contributed by atoms with E-state index in [9.17, 15) is 9.90 Å². The van der Waals surface area contributed by atoms with Crippen LogP contribution < -0.4 is 10.6 Å². The van der Waals surface area contributed by atoms with Gasteiger partial charge in [-0.3, -0.25) is 4.90 Å². The number of urea groups is 1. The number of hydrogen-bond acceptors (Lipinski definition) is 3. The standard InChI is InChI=1S/C18H35N3O2/c1-14(2)6-9-21-10-7-16(8-11-21)20-17(23)19-13-18(4,5)12-15(3)22/h6,15-16,22H,7-13H2,1-5H3,(H2,19,20,23)/t15-/m0/s1. The zero-order valence-electron chi connectivity index (χ0n) is 15.5. The lowest BCUT2D eigenvalue weighted by Gasteiger charge is -2.32. The van der Waals surface area contributed by atoms with Crippen molar-refractivity contribution in [3.8, 4) is 0 Å². The third-order valence-electron chi connectivity index (χ3n) is 4.26. The molecule has 0 aromatic heterocycles. The zero-order valence-corrected chi connectivity index (χ0v) is 15.5. The average molecular weight is 325 g/mol. The van der Waals surface area contributed by atoms with E-state index in [1.54, 1.807) is 6.92 Å². The monoisotopic (exact) mass is 325 g/mol. The summed E-state index contributed by atoms with van der Waals surface area (Å²) in [5.74, 6) is 0. The molecule has 1 heterocycles. The molecule has 0 aromatic carbocycles. The molecule has 2 amide bonds. The fourth-order valence-electron chi connectivity index (χ4n) is 3.00. The van der Waals surface area contributed by atoms with Gasteiger partial charge in [0.2, 0.25) is 0 Å². The van der Waals surface area contributed by atoms with Crippen LogP contribution in [-0.4, -0.2) is 54.4 Å². The van der Waals surface area contributed by atoms with E-state index in [1.165, 1.54) is 5.57 Å². The van der Waals surface area contributed by atoms with Crippen molar-refractivity contribution in [1.29, 1.82) is 0 Å². The first kappa shape index (κ1) is 20.0. The van der Waals surface area contributed by atoms with E-state index in [-0.39, 0.29) is 23.6 Å². The molecule has 5 heteroatoms. The van der Waals surface area contributed by atoms with Gasteiger partial charge in [-0.15, -0.1) is 0 Å². The highest BCUT2D eigenvalue weighted by Gasteiger charge is 2.23. The van der Waals surface area contributed by atoms with Crippen molar-refractivity contribution in [2.45, 2.75) is 66.0 Å². The van der Waals surface area contributed by atoms with Gasteiger partial charge in [-0.2, -0.15) is 0 Å². The number of nitrogens with zero attached hydrogens (tertiary/aromatic N) is 1. The van der Waals surface area contributed by atoms with Gasteiger partial charge in [-0.25, -0.2) is 4.79 Å². The first-order valence-electron chi connectivity index (χ1n) is 8.76. The van der Waals surface area contributed by atoms with Gasteiger partial charge < -0.3 is 15.7 Å². The number of aliphatic hydroxyl groups excluding tert-OH is 1. The van der Waals surface area contributed by atoms with E-state index in [2.05, 4.69) is 49.3 Å². The number of carbonyl (C=O) groups is 1. The Bertz CT molecular complexity index is 393. The van der Waals surface area contributed by atoms with Crippen LogP contribution in [0.4, 0.5) is 4.79 Å². The Balaban J connectivity index is 2.25. The lowest BCUT2D eigenvalue weighted by atomic mass is 9.87. The van der Waals surface area contributed by atoms with Crippen molar-refractivity contribution in [2.24, 2.45) is 5.41 Å². The van der Waals surface area contributed by atoms with Gasteiger partial charge in [0, 0.05) is 32.2 Å². The predicted octanol–water partition coefficient (Wildman–Crippen LogP) is 2.51. The minimum atomic E-state index is -0.347. The van der Waals surface area contributed by atoms with E-state index >= 15 is 0 Å². The Morgan fingerprint density at radius 3 is 2.48 bits per heavy atom. The summed E-state index contributed by atoms with van der Waals surface area (Å²) in [6, 6.07) is 0.171. The summed E-state index contributed by atoms with van der Waals surface area (Å²) >= 11 is 0. The maximum absolute atomic E-state index is 12.0. The normalized spacial score (nSPS) is 18.3. The van der Waals surface area contributed by atoms with E-state index in [1.807, 2.05) is 0 Å². The third-order valence-corrected chi connectivity index (χ3v) is 4.26. The molecular weight excluding hydrogens is 290 g/mol. The number of nitrogens with one attached hydrogen (secondary N) is 2. The fourth-order valence-corrected chi connectivity index (χ4v) is 3.00. The van der Waals surface area contributed by atoms with Crippen LogP contribution in [-0.2, 0) is 0 Å². The lowest BCUT2D eigenvalue weighted by Crippen LogP contribution is -2.49. The summed E-state index contributed by atoms with van der Waals surface area (Å²) in [5, 5.41) is 15.5. The summed E-state index contributed by atoms with van der Waals surface area (Å²) < 4.78 is 0. The van der Waals surface area contributed by atoms with Gasteiger partial charge in [-0.05, 0) is 45.4 Å². The second kappa shape index (κ2) is 9.28. The number of allylic oxidation sites excluding steroid dienone is 1. The number of amides is 2.